The molecule has 1 aromatic carbocycles. The molecule has 22 heavy (non-hydrogen) atoms. The van der Waals surface area contributed by atoms with Crippen molar-refractivity contribution >= 4 is 6.03 Å². The zero-order valence-corrected chi connectivity index (χ0v) is 13.0. The maximum atomic E-state index is 12.1. The highest BCUT2D eigenvalue weighted by Crippen LogP contribution is 2.36. The number of rotatable bonds is 4. The molecule has 0 radical (unpaired) electrons. The van der Waals surface area contributed by atoms with Gasteiger partial charge in [0.1, 0.15) is 5.75 Å². The molecular formula is C17H24N2O3. The quantitative estimate of drug-likeness (QED) is 0.799. The van der Waals surface area contributed by atoms with Crippen LogP contribution >= 0.6 is 0 Å². The van der Waals surface area contributed by atoms with Gasteiger partial charge in [0.25, 0.3) is 0 Å². The van der Waals surface area contributed by atoms with E-state index >= 15 is 0 Å². The highest BCUT2D eigenvalue weighted by atomic mass is 16.5. The van der Waals surface area contributed by atoms with Crippen molar-refractivity contribution in [3.63, 3.8) is 0 Å². The average Bonchev–Trinajstić information content (AvgIpc) is 3.13. The van der Waals surface area contributed by atoms with Gasteiger partial charge in [-0.3, -0.25) is 0 Å². The summed E-state index contributed by atoms with van der Waals surface area (Å²) in [5, 5.41) is 16.1. The van der Waals surface area contributed by atoms with Crippen LogP contribution < -0.4 is 15.4 Å². The van der Waals surface area contributed by atoms with Gasteiger partial charge in [-0.25, -0.2) is 4.79 Å². The van der Waals surface area contributed by atoms with E-state index in [1.165, 1.54) is 5.56 Å². The van der Waals surface area contributed by atoms with Crippen LogP contribution in [0.2, 0.25) is 0 Å². The number of nitrogens with one attached hydrogen (secondary N) is 2. The molecule has 1 unspecified atom stereocenters. The minimum atomic E-state index is -0.714. The van der Waals surface area contributed by atoms with Crippen LogP contribution in [-0.4, -0.2) is 30.4 Å². The number of benzene rings is 1. The minimum absolute atomic E-state index is 0.0170. The number of amides is 2. The first-order valence-corrected chi connectivity index (χ1v) is 8.04. The van der Waals surface area contributed by atoms with Crippen molar-refractivity contribution in [3.05, 3.63) is 29.3 Å². The molecule has 0 saturated heterocycles. The van der Waals surface area contributed by atoms with E-state index in [0.29, 0.717) is 6.54 Å². The first kappa shape index (κ1) is 15.2. The second-order valence-corrected chi connectivity index (χ2v) is 6.38. The van der Waals surface area contributed by atoms with Gasteiger partial charge in [0.05, 0.1) is 18.8 Å². The second-order valence-electron chi connectivity index (χ2n) is 6.38. The van der Waals surface area contributed by atoms with Crippen LogP contribution in [0.3, 0.4) is 0 Å². The third-order valence-corrected chi connectivity index (χ3v) is 4.87. The van der Waals surface area contributed by atoms with Crippen LogP contribution in [-0.2, 0) is 6.42 Å². The summed E-state index contributed by atoms with van der Waals surface area (Å²) in [7, 11) is 1.67. The molecule has 120 valence electrons. The number of carbonyl (C=O) groups excluding carboxylic acids is 1. The van der Waals surface area contributed by atoms with Crippen molar-refractivity contribution in [1.29, 1.82) is 0 Å². The molecule has 0 heterocycles. The topological polar surface area (TPSA) is 70.6 Å². The summed E-state index contributed by atoms with van der Waals surface area (Å²) in [5.74, 6) is 0.891. The zero-order valence-electron chi connectivity index (χ0n) is 13.0. The van der Waals surface area contributed by atoms with Crippen LogP contribution in [0.1, 0.15) is 49.3 Å². The van der Waals surface area contributed by atoms with E-state index < -0.39 is 5.60 Å². The summed E-state index contributed by atoms with van der Waals surface area (Å²) in [4.78, 5) is 12.1. The molecule has 0 bridgehead atoms. The van der Waals surface area contributed by atoms with E-state index in [9.17, 15) is 9.90 Å². The monoisotopic (exact) mass is 304 g/mol. The molecule has 2 aliphatic carbocycles. The molecule has 1 atom stereocenters. The fourth-order valence-electron chi connectivity index (χ4n) is 3.63. The summed E-state index contributed by atoms with van der Waals surface area (Å²) in [5.41, 5.74) is 1.60. The second kappa shape index (κ2) is 6.16. The lowest BCUT2D eigenvalue weighted by Gasteiger charge is -2.23. The number of ether oxygens (including phenoxy) is 1. The Morgan fingerprint density at radius 3 is 2.91 bits per heavy atom. The molecule has 5 nitrogen and oxygen atoms in total. The van der Waals surface area contributed by atoms with Crippen molar-refractivity contribution in [1.82, 2.24) is 10.6 Å². The van der Waals surface area contributed by atoms with Crippen LogP contribution in [0.25, 0.3) is 0 Å². The molecule has 0 aliphatic heterocycles. The number of hydrogen-bond acceptors (Lipinski definition) is 3. The standard InChI is InChI=1S/C17H24N2O3/c1-22-15-6-4-5-12-13(15)7-8-14(12)19-16(20)18-11-17(21)9-2-3-10-17/h4-6,14,21H,2-3,7-11H2,1H3,(H2,18,19,20). The normalized spacial score (nSPS) is 22.2. The number of carbonyl (C=O) groups is 1. The van der Waals surface area contributed by atoms with Gasteiger partial charge in [-0.2, -0.15) is 0 Å². The van der Waals surface area contributed by atoms with Crippen LogP contribution in [0.5, 0.6) is 5.75 Å². The SMILES string of the molecule is COc1cccc2c1CCC2NC(=O)NCC1(O)CCCC1. The molecule has 3 N–H and O–H groups in total. The third kappa shape index (κ3) is 3.04. The first-order valence-electron chi connectivity index (χ1n) is 8.04. The van der Waals surface area contributed by atoms with E-state index in [0.717, 1.165) is 49.8 Å². The molecule has 5 heteroatoms. The smallest absolute Gasteiger partial charge is 0.315 e. The van der Waals surface area contributed by atoms with Gasteiger partial charge in [-0.15, -0.1) is 0 Å². The number of aliphatic hydroxyl groups is 1. The van der Waals surface area contributed by atoms with E-state index in [1.807, 2.05) is 18.2 Å². The lowest BCUT2D eigenvalue weighted by atomic mass is 10.0. The molecule has 0 spiro atoms. The minimum Gasteiger partial charge on any atom is -0.496 e. The first-order chi connectivity index (χ1) is 10.6. The van der Waals surface area contributed by atoms with E-state index in [-0.39, 0.29) is 12.1 Å². The molecule has 3 rings (SSSR count). The molecule has 2 aliphatic rings. The Labute approximate surface area is 131 Å². The molecular weight excluding hydrogens is 280 g/mol. The summed E-state index contributed by atoms with van der Waals surface area (Å²) in [6.07, 6.45) is 5.42. The molecule has 1 saturated carbocycles. The van der Waals surface area contributed by atoms with Gasteiger partial charge >= 0.3 is 6.03 Å². The van der Waals surface area contributed by atoms with Crippen molar-refractivity contribution in [3.8, 4) is 5.75 Å². The Kier molecular flexibility index (Phi) is 4.25. The molecule has 1 fully saturated rings. The highest BCUT2D eigenvalue weighted by molar-refractivity contribution is 5.74. The summed E-state index contributed by atoms with van der Waals surface area (Å²) >= 11 is 0. The number of urea groups is 1. The summed E-state index contributed by atoms with van der Waals surface area (Å²) in [6.45, 7) is 0.330. The maximum Gasteiger partial charge on any atom is 0.315 e. The van der Waals surface area contributed by atoms with Crippen LogP contribution in [0, 0.1) is 0 Å². The van der Waals surface area contributed by atoms with Crippen LogP contribution in [0.15, 0.2) is 18.2 Å². The van der Waals surface area contributed by atoms with Crippen molar-refractivity contribution in [2.45, 2.75) is 50.2 Å². The van der Waals surface area contributed by atoms with Gasteiger partial charge in [-0.1, -0.05) is 25.0 Å². The van der Waals surface area contributed by atoms with Crippen molar-refractivity contribution < 1.29 is 14.6 Å². The van der Waals surface area contributed by atoms with E-state index in [2.05, 4.69) is 10.6 Å². The average molecular weight is 304 g/mol. The van der Waals surface area contributed by atoms with E-state index in [1.54, 1.807) is 7.11 Å². The predicted octanol–water partition coefficient (Wildman–Crippen LogP) is 2.29. The number of fused-ring (bicyclic) bond motifs is 1. The zero-order chi connectivity index (χ0) is 15.6. The third-order valence-electron chi connectivity index (χ3n) is 4.87. The Morgan fingerprint density at radius 2 is 2.18 bits per heavy atom. The summed E-state index contributed by atoms with van der Waals surface area (Å²) in [6, 6.07) is 5.76. The lowest BCUT2D eigenvalue weighted by Crippen LogP contribution is -2.45. The Morgan fingerprint density at radius 1 is 1.41 bits per heavy atom. The predicted molar refractivity (Wildman–Crippen MR) is 84.0 cm³/mol. The molecule has 1 aromatic rings. The fraction of sp³-hybridized carbons (Fsp3) is 0.588. The lowest BCUT2D eigenvalue weighted by molar-refractivity contribution is 0.0500. The Balaban J connectivity index is 1.58. The molecule has 0 aromatic heterocycles. The van der Waals surface area contributed by atoms with Gasteiger partial charge < -0.3 is 20.5 Å². The fourth-order valence-corrected chi connectivity index (χ4v) is 3.63. The van der Waals surface area contributed by atoms with Gasteiger partial charge in [0, 0.05) is 6.54 Å². The van der Waals surface area contributed by atoms with Crippen molar-refractivity contribution in [2.75, 3.05) is 13.7 Å². The Bertz CT molecular complexity index is 553. The van der Waals surface area contributed by atoms with Gasteiger partial charge in [0.15, 0.2) is 0 Å². The van der Waals surface area contributed by atoms with Gasteiger partial charge in [-0.05, 0) is 42.9 Å². The van der Waals surface area contributed by atoms with Crippen LogP contribution in [0.4, 0.5) is 4.79 Å². The van der Waals surface area contributed by atoms with E-state index in [4.69, 9.17) is 4.74 Å². The summed E-state index contributed by atoms with van der Waals surface area (Å²) < 4.78 is 5.38. The maximum absolute atomic E-state index is 12.1. The largest absolute Gasteiger partial charge is 0.496 e. The Hall–Kier alpha value is -1.75. The highest BCUT2D eigenvalue weighted by Gasteiger charge is 2.32. The van der Waals surface area contributed by atoms with Gasteiger partial charge in [0.2, 0.25) is 0 Å². The number of methoxy groups -OCH3 is 1. The van der Waals surface area contributed by atoms with Crippen molar-refractivity contribution in [2.24, 2.45) is 0 Å². The number of hydrogen-bond donors (Lipinski definition) is 3. The molecule has 2 amide bonds.